The maximum Gasteiger partial charge on any atom is 0.223 e. The number of amides is 1. The number of hydrogen-bond donors (Lipinski definition) is 0. The van der Waals surface area contributed by atoms with Crippen LogP contribution in [0.15, 0.2) is 48.5 Å². The van der Waals surface area contributed by atoms with E-state index >= 15 is 0 Å². The largest absolute Gasteiger partial charge is 0.312 e. The second-order valence-electron chi connectivity index (χ2n) is 7.05. The smallest absolute Gasteiger partial charge is 0.223 e. The molecule has 1 amide bonds. The van der Waals surface area contributed by atoms with E-state index in [1.54, 1.807) is 19.1 Å². The van der Waals surface area contributed by atoms with E-state index < -0.39 is 0 Å². The van der Waals surface area contributed by atoms with Gasteiger partial charge in [-0.15, -0.1) is 0 Å². The van der Waals surface area contributed by atoms with Crippen molar-refractivity contribution in [1.82, 2.24) is 4.90 Å². The first-order chi connectivity index (χ1) is 12.6. The zero-order valence-corrected chi connectivity index (χ0v) is 15.5. The van der Waals surface area contributed by atoms with Crippen LogP contribution in [0.2, 0.25) is 0 Å². The van der Waals surface area contributed by atoms with Crippen LogP contribution in [0.4, 0.5) is 10.1 Å². The minimum absolute atomic E-state index is 0.0911. The van der Waals surface area contributed by atoms with E-state index in [9.17, 15) is 9.18 Å². The fraction of sp³-hybridized carbons (Fsp3) is 0.409. The summed E-state index contributed by atoms with van der Waals surface area (Å²) in [5.74, 6) is -0.100. The van der Waals surface area contributed by atoms with Gasteiger partial charge in [0.2, 0.25) is 5.91 Å². The Kier molecular flexibility index (Phi) is 6.40. The van der Waals surface area contributed by atoms with Crippen LogP contribution in [-0.2, 0) is 17.9 Å². The number of halogens is 1. The lowest BCUT2D eigenvalue weighted by atomic mass is 10.1. The Bertz CT molecular complexity index is 746. The Labute approximate surface area is 155 Å². The van der Waals surface area contributed by atoms with Crippen LogP contribution >= 0.6 is 0 Å². The molecule has 1 aliphatic heterocycles. The van der Waals surface area contributed by atoms with E-state index in [1.165, 1.54) is 6.07 Å². The Hall–Kier alpha value is -2.20. The lowest BCUT2D eigenvalue weighted by molar-refractivity contribution is -0.116. The standard InChI is InChI=1S/C22H27FN2O/c1-18(26)25-14-7-3-2-6-13-24(16-19-9-8-11-21(23)15-19)17-20-10-4-5-12-22(20)25/h4-5,8-12,15H,2-3,6-7,13-14,16-17H2,1H3. The molecule has 0 saturated carbocycles. The van der Waals surface area contributed by atoms with E-state index in [0.717, 1.165) is 62.1 Å². The van der Waals surface area contributed by atoms with Gasteiger partial charge in [-0.05, 0) is 48.7 Å². The molecule has 4 heteroatoms. The average Bonchev–Trinajstić information content (AvgIpc) is 2.65. The Morgan fingerprint density at radius 3 is 2.54 bits per heavy atom. The number of anilines is 1. The summed E-state index contributed by atoms with van der Waals surface area (Å²) in [6.45, 7) is 4.87. The summed E-state index contributed by atoms with van der Waals surface area (Å²) in [6.07, 6.45) is 4.43. The summed E-state index contributed by atoms with van der Waals surface area (Å²) in [7, 11) is 0. The average molecular weight is 354 g/mol. The van der Waals surface area contributed by atoms with Crippen molar-refractivity contribution in [3.63, 3.8) is 0 Å². The van der Waals surface area contributed by atoms with Gasteiger partial charge >= 0.3 is 0 Å². The Morgan fingerprint density at radius 1 is 1.00 bits per heavy atom. The minimum Gasteiger partial charge on any atom is -0.312 e. The van der Waals surface area contributed by atoms with Crippen LogP contribution < -0.4 is 4.90 Å². The molecule has 0 unspecified atom stereocenters. The highest BCUT2D eigenvalue weighted by atomic mass is 19.1. The topological polar surface area (TPSA) is 23.6 Å². The summed E-state index contributed by atoms with van der Waals surface area (Å²) in [6, 6.07) is 15.0. The van der Waals surface area contributed by atoms with Gasteiger partial charge in [0.05, 0.1) is 0 Å². The van der Waals surface area contributed by atoms with Crippen molar-refractivity contribution < 1.29 is 9.18 Å². The van der Waals surface area contributed by atoms with Gasteiger partial charge in [0.25, 0.3) is 0 Å². The highest BCUT2D eigenvalue weighted by Crippen LogP contribution is 2.25. The summed E-state index contributed by atoms with van der Waals surface area (Å²) in [5, 5.41) is 0. The highest BCUT2D eigenvalue weighted by molar-refractivity contribution is 5.92. The van der Waals surface area contributed by atoms with E-state index in [-0.39, 0.29) is 11.7 Å². The molecule has 0 N–H and O–H groups in total. The van der Waals surface area contributed by atoms with E-state index in [2.05, 4.69) is 11.0 Å². The molecular weight excluding hydrogens is 327 g/mol. The lowest BCUT2D eigenvalue weighted by Gasteiger charge is -2.27. The number of benzene rings is 2. The zero-order valence-electron chi connectivity index (χ0n) is 15.5. The molecule has 0 fully saturated rings. The normalized spacial score (nSPS) is 16.6. The van der Waals surface area contributed by atoms with Crippen LogP contribution in [-0.4, -0.2) is 23.9 Å². The van der Waals surface area contributed by atoms with Gasteiger partial charge in [-0.1, -0.05) is 43.2 Å². The minimum atomic E-state index is -0.191. The third kappa shape index (κ3) is 4.92. The quantitative estimate of drug-likeness (QED) is 0.777. The predicted octanol–water partition coefficient (Wildman–Crippen LogP) is 4.75. The molecule has 2 aromatic carbocycles. The summed E-state index contributed by atoms with van der Waals surface area (Å²) in [5.41, 5.74) is 3.15. The molecule has 0 spiro atoms. The third-order valence-electron chi connectivity index (χ3n) is 4.96. The first-order valence-electron chi connectivity index (χ1n) is 9.46. The number of fused-ring (bicyclic) bond motifs is 1. The van der Waals surface area contributed by atoms with Gasteiger partial charge in [0, 0.05) is 32.2 Å². The van der Waals surface area contributed by atoms with Crippen molar-refractivity contribution >= 4 is 11.6 Å². The molecular formula is C22H27FN2O. The molecule has 0 aromatic heterocycles. The maximum atomic E-state index is 13.6. The number of nitrogens with zero attached hydrogens (tertiary/aromatic N) is 2. The zero-order chi connectivity index (χ0) is 18.4. The van der Waals surface area contributed by atoms with Crippen molar-refractivity contribution in [3.8, 4) is 0 Å². The van der Waals surface area contributed by atoms with Crippen LogP contribution in [0.25, 0.3) is 0 Å². The van der Waals surface area contributed by atoms with E-state index in [1.807, 2.05) is 29.2 Å². The summed E-state index contributed by atoms with van der Waals surface area (Å²) in [4.78, 5) is 16.5. The van der Waals surface area contributed by atoms with Gasteiger partial charge in [0.1, 0.15) is 5.82 Å². The molecule has 3 nitrogen and oxygen atoms in total. The van der Waals surface area contributed by atoms with Crippen molar-refractivity contribution in [1.29, 1.82) is 0 Å². The van der Waals surface area contributed by atoms with E-state index in [4.69, 9.17) is 0 Å². The van der Waals surface area contributed by atoms with Gasteiger partial charge in [-0.3, -0.25) is 9.69 Å². The van der Waals surface area contributed by atoms with Crippen LogP contribution in [0.5, 0.6) is 0 Å². The summed E-state index contributed by atoms with van der Waals surface area (Å²) >= 11 is 0. The lowest BCUT2D eigenvalue weighted by Crippen LogP contribution is -2.31. The second kappa shape index (κ2) is 8.95. The van der Waals surface area contributed by atoms with Crippen LogP contribution in [0, 0.1) is 5.82 Å². The molecule has 138 valence electrons. The fourth-order valence-corrected chi connectivity index (χ4v) is 3.66. The molecule has 0 bridgehead atoms. The van der Waals surface area contributed by atoms with Gasteiger partial charge in [0.15, 0.2) is 0 Å². The Morgan fingerprint density at radius 2 is 1.77 bits per heavy atom. The van der Waals surface area contributed by atoms with Crippen molar-refractivity contribution in [2.24, 2.45) is 0 Å². The Balaban J connectivity index is 1.87. The van der Waals surface area contributed by atoms with E-state index in [0.29, 0.717) is 6.54 Å². The first kappa shape index (κ1) is 18.6. The number of para-hydroxylation sites is 1. The summed E-state index contributed by atoms with van der Waals surface area (Å²) < 4.78 is 13.6. The molecule has 26 heavy (non-hydrogen) atoms. The SMILES string of the molecule is CC(=O)N1CCCCCCN(Cc2cccc(F)c2)Cc2ccccc21. The third-order valence-corrected chi connectivity index (χ3v) is 4.96. The maximum absolute atomic E-state index is 13.6. The van der Waals surface area contributed by atoms with Gasteiger partial charge < -0.3 is 4.90 Å². The number of carbonyl (C=O) groups is 1. The molecule has 0 aliphatic carbocycles. The fourth-order valence-electron chi connectivity index (χ4n) is 3.66. The van der Waals surface area contributed by atoms with Gasteiger partial charge in [-0.2, -0.15) is 0 Å². The van der Waals surface area contributed by atoms with Gasteiger partial charge in [-0.25, -0.2) is 4.39 Å². The van der Waals surface area contributed by atoms with Crippen molar-refractivity contribution in [2.75, 3.05) is 18.0 Å². The van der Waals surface area contributed by atoms with Crippen LogP contribution in [0.3, 0.4) is 0 Å². The monoisotopic (exact) mass is 354 g/mol. The van der Waals surface area contributed by atoms with Crippen LogP contribution in [0.1, 0.15) is 43.7 Å². The first-order valence-corrected chi connectivity index (χ1v) is 9.46. The molecule has 2 aromatic rings. The molecule has 0 atom stereocenters. The number of hydrogen-bond acceptors (Lipinski definition) is 2. The molecule has 3 rings (SSSR count). The van der Waals surface area contributed by atoms with Crippen molar-refractivity contribution in [2.45, 2.75) is 45.7 Å². The highest BCUT2D eigenvalue weighted by Gasteiger charge is 2.18. The molecule has 1 aliphatic rings. The van der Waals surface area contributed by atoms with Crippen molar-refractivity contribution in [3.05, 3.63) is 65.5 Å². The second-order valence-corrected chi connectivity index (χ2v) is 7.05. The molecule has 0 saturated heterocycles. The molecule has 1 heterocycles. The number of rotatable bonds is 2. The predicted molar refractivity (Wildman–Crippen MR) is 103 cm³/mol. The molecule has 0 radical (unpaired) electrons. The number of carbonyl (C=O) groups excluding carboxylic acids is 1.